The van der Waals surface area contributed by atoms with E-state index >= 15 is 0 Å². The number of hydrogen-bond acceptors (Lipinski definition) is 3. The number of benzene rings is 1. The van der Waals surface area contributed by atoms with Crippen LogP contribution in [0.25, 0.3) is 0 Å². The summed E-state index contributed by atoms with van der Waals surface area (Å²) in [7, 11) is 0. The molecule has 2 atom stereocenters. The van der Waals surface area contributed by atoms with Crippen LogP contribution in [0.5, 0.6) is 0 Å². The lowest BCUT2D eigenvalue weighted by atomic mass is 9.90. The van der Waals surface area contributed by atoms with E-state index in [1.54, 1.807) is 0 Å². The second-order valence-corrected chi connectivity index (χ2v) is 4.20. The lowest BCUT2D eigenvalue weighted by Gasteiger charge is -2.40. The van der Waals surface area contributed by atoms with E-state index in [1.807, 2.05) is 18.2 Å². The molecule has 3 heteroatoms. The molecule has 1 saturated heterocycles. The van der Waals surface area contributed by atoms with Gasteiger partial charge in [-0.1, -0.05) is 37.3 Å². The second kappa shape index (κ2) is 4.95. The van der Waals surface area contributed by atoms with Crippen LogP contribution in [-0.2, 0) is 15.1 Å². The molecule has 1 aliphatic rings. The first-order valence-corrected chi connectivity index (χ1v) is 5.82. The summed E-state index contributed by atoms with van der Waals surface area (Å²) in [4.78, 5) is 0. The first-order chi connectivity index (χ1) is 7.80. The quantitative estimate of drug-likeness (QED) is 0.844. The molecule has 0 spiro atoms. The van der Waals surface area contributed by atoms with Gasteiger partial charge >= 0.3 is 0 Å². The molecule has 0 radical (unpaired) electrons. The van der Waals surface area contributed by atoms with Crippen molar-refractivity contribution in [1.82, 2.24) is 0 Å². The monoisotopic (exact) mass is 221 g/mol. The van der Waals surface area contributed by atoms with Crippen LogP contribution in [0.1, 0.15) is 18.9 Å². The molecule has 1 heterocycles. The van der Waals surface area contributed by atoms with Crippen molar-refractivity contribution in [3.05, 3.63) is 35.9 Å². The first-order valence-electron chi connectivity index (χ1n) is 5.82. The van der Waals surface area contributed by atoms with Gasteiger partial charge in [0, 0.05) is 6.54 Å². The van der Waals surface area contributed by atoms with Crippen molar-refractivity contribution >= 4 is 0 Å². The van der Waals surface area contributed by atoms with E-state index < -0.39 is 0 Å². The average molecular weight is 221 g/mol. The Kier molecular flexibility index (Phi) is 3.59. The highest BCUT2D eigenvalue weighted by molar-refractivity contribution is 5.23. The van der Waals surface area contributed by atoms with Crippen molar-refractivity contribution in [2.45, 2.75) is 25.0 Å². The van der Waals surface area contributed by atoms with Crippen LogP contribution in [0.15, 0.2) is 30.3 Å². The van der Waals surface area contributed by atoms with Gasteiger partial charge < -0.3 is 15.2 Å². The lowest BCUT2D eigenvalue weighted by molar-refractivity contribution is -0.202. The third-order valence-corrected chi connectivity index (χ3v) is 3.17. The Hall–Kier alpha value is -0.900. The van der Waals surface area contributed by atoms with E-state index in [4.69, 9.17) is 15.2 Å². The Morgan fingerprint density at radius 2 is 2.12 bits per heavy atom. The summed E-state index contributed by atoms with van der Waals surface area (Å²) < 4.78 is 11.7. The molecule has 1 fully saturated rings. The summed E-state index contributed by atoms with van der Waals surface area (Å²) in [5.74, 6) is 0. The van der Waals surface area contributed by atoms with Gasteiger partial charge in [0.15, 0.2) is 0 Å². The van der Waals surface area contributed by atoms with Crippen molar-refractivity contribution in [1.29, 1.82) is 0 Å². The number of rotatable bonds is 3. The van der Waals surface area contributed by atoms with E-state index in [2.05, 4.69) is 19.1 Å². The standard InChI is InChI=1S/C13H19NO2/c1-2-13(11-6-4-3-5-7-11)10-15-9-12(8-14)16-13/h3-7,12H,2,8-10,14H2,1H3/t12-,13+/m0/s1. The van der Waals surface area contributed by atoms with Crippen molar-refractivity contribution in [3.63, 3.8) is 0 Å². The summed E-state index contributed by atoms with van der Waals surface area (Å²) in [6.07, 6.45) is 0.905. The van der Waals surface area contributed by atoms with Gasteiger partial charge in [0.1, 0.15) is 5.60 Å². The summed E-state index contributed by atoms with van der Waals surface area (Å²) in [5, 5.41) is 0. The fourth-order valence-corrected chi connectivity index (χ4v) is 2.14. The minimum absolute atomic E-state index is 0.00825. The third-order valence-electron chi connectivity index (χ3n) is 3.17. The number of nitrogens with two attached hydrogens (primary N) is 1. The fourth-order valence-electron chi connectivity index (χ4n) is 2.14. The summed E-state index contributed by atoms with van der Waals surface area (Å²) >= 11 is 0. The fraction of sp³-hybridized carbons (Fsp3) is 0.538. The number of ether oxygens (including phenoxy) is 2. The van der Waals surface area contributed by atoms with Crippen LogP contribution in [0, 0.1) is 0 Å². The summed E-state index contributed by atoms with van der Waals surface area (Å²) in [6, 6.07) is 10.2. The molecule has 0 bridgehead atoms. The normalized spacial score (nSPS) is 30.2. The maximum atomic E-state index is 6.11. The molecule has 0 saturated carbocycles. The van der Waals surface area contributed by atoms with Gasteiger partial charge in [-0.25, -0.2) is 0 Å². The highest BCUT2D eigenvalue weighted by atomic mass is 16.6. The van der Waals surface area contributed by atoms with E-state index in [0.717, 1.165) is 6.42 Å². The predicted octanol–water partition coefficient (Wildman–Crippen LogP) is 1.67. The topological polar surface area (TPSA) is 44.5 Å². The van der Waals surface area contributed by atoms with Gasteiger partial charge in [-0.3, -0.25) is 0 Å². The maximum absolute atomic E-state index is 6.11. The zero-order chi connectivity index (χ0) is 11.4. The second-order valence-electron chi connectivity index (χ2n) is 4.20. The molecule has 2 rings (SSSR count). The largest absolute Gasteiger partial charge is 0.375 e. The molecule has 88 valence electrons. The van der Waals surface area contributed by atoms with Crippen molar-refractivity contribution < 1.29 is 9.47 Å². The molecule has 1 aromatic carbocycles. The minimum Gasteiger partial charge on any atom is -0.375 e. The van der Waals surface area contributed by atoms with Crippen LogP contribution in [0.3, 0.4) is 0 Å². The maximum Gasteiger partial charge on any atom is 0.117 e. The molecule has 1 aromatic rings. The van der Waals surface area contributed by atoms with Gasteiger partial charge in [0.05, 0.1) is 19.3 Å². The Morgan fingerprint density at radius 1 is 1.38 bits per heavy atom. The molecule has 0 unspecified atom stereocenters. The van der Waals surface area contributed by atoms with Crippen molar-refractivity contribution in [3.8, 4) is 0 Å². The Labute approximate surface area is 96.5 Å². The Morgan fingerprint density at radius 3 is 2.75 bits per heavy atom. The Balaban J connectivity index is 2.25. The minimum atomic E-state index is -0.316. The van der Waals surface area contributed by atoms with E-state index in [1.165, 1.54) is 5.56 Å². The number of hydrogen-bond donors (Lipinski definition) is 1. The molecular weight excluding hydrogens is 202 g/mol. The van der Waals surface area contributed by atoms with Crippen LogP contribution in [0.4, 0.5) is 0 Å². The highest BCUT2D eigenvalue weighted by Gasteiger charge is 2.37. The van der Waals surface area contributed by atoms with E-state index in [-0.39, 0.29) is 11.7 Å². The molecule has 0 aromatic heterocycles. The molecule has 0 amide bonds. The highest BCUT2D eigenvalue weighted by Crippen LogP contribution is 2.33. The van der Waals surface area contributed by atoms with Gasteiger partial charge in [0.25, 0.3) is 0 Å². The first kappa shape index (κ1) is 11.6. The van der Waals surface area contributed by atoms with Gasteiger partial charge in [-0.15, -0.1) is 0 Å². The van der Waals surface area contributed by atoms with Crippen molar-refractivity contribution in [2.24, 2.45) is 5.73 Å². The van der Waals surface area contributed by atoms with Gasteiger partial charge in [0.2, 0.25) is 0 Å². The van der Waals surface area contributed by atoms with E-state index in [9.17, 15) is 0 Å². The Bertz CT molecular complexity index is 328. The molecule has 1 aliphatic heterocycles. The van der Waals surface area contributed by atoms with Gasteiger partial charge in [-0.2, -0.15) is 0 Å². The average Bonchev–Trinajstić information content (AvgIpc) is 2.39. The molecular formula is C13H19NO2. The smallest absolute Gasteiger partial charge is 0.117 e. The summed E-state index contributed by atoms with van der Waals surface area (Å²) in [6.45, 7) is 3.85. The zero-order valence-corrected chi connectivity index (χ0v) is 9.69. The summed E-state index contributed by atoms with van der Waals surface area (Å²) in [5.41, 5.74) is 6.51. The van der Waals surface area contributed by atoms with Crippen LogP contribution in [0.2, 0.25) is 0 Å². The van der Waals surface area contributed by atoms with Crippen LogP contribution in [-0.4, -0.2) is 25.9 Å². The van der Waals surface area contributed by atoms with Crippen LogP contribution < -0.4 is 5.73 Å². The molecule has 16 heavy (non-hydrogen) atoms. The van der Waals surface area contributed by atoms with Crippen LogP contribution >= 0.6 is 0 Å². The lowest BCUT2D eigenvalue weighted by Crippen LogP contribution is -2.47. The van der Waals surface area contributed by atoms with Gasteiger partial charge in [-0.05, 0) is 12.0 Å². The predicted molar refractivity (Wildman–Crippen MR) is 63.2 cm³/mol. The van der Waals surface area contributed by atoms with Crippen molar-refractivity contribution in [2.75, 3.05) is 19.8 Å². The molecule has 2 N–H and O–H groups in total. The zero-order valence-electron chi connectivity index (χ0n) is 9.69. The molecule has 0 aliphatic carbocycles. The van der Waals surface area contributed by atoms with E-state index in [0.29, 0.717) is 19.8 Å². The third kappa shape index (κ3) is 2.12. The SMILES string of the molecule is CC[C@]1(c2ccccc2)COC[C@H](CN)O1. The molecule has 3 nitrogen and oxygen atoms in total.